The quantitative estimate of drug-likeness (QED) is 0.603. The minimum absolute atomic E-state index is 0.117. The standard InChI is InChI=1S/C20H27N5O3/c1-6-28-16-9-7-15(8-10-16)18(26)23-17(12(2)3)19(27)24-25-20-21-13(4)11-14(5)22-20/h7-12,17H,6H2,1-5H3,(H,23,26)(H,24,27)(H,21,22,25). The van der Waals surface area contributed by atoms with Crippen LogP contribution in [0.15, 0.2) is 30.3 Å². The molecule has 0 aliphatic carbocycles. The number of hydrogen-bond donors (Lipinski definition) is 3. The van der Waals surface area contributed by atoms with Crippen LogP contribution in [0.4, 0.5) is 5.95 Å². The van der Waals surface area contributed by atoms with Crippen molar-refractivity contribution in [2.24, 2.45) is 5.92 Å². The molecule has 150 valence electrons. The van der Waals surface area contributed by atoms with Crippen molar-refractivity contribution in [3.05, 3.63) is 47.3 Å². The largest absolute Gasteiger partial charge is 0.494 e. The summed E-state index contributed by atoms with van der Waals surface area (Å²) in [5.41, 5.74) is 7.30. The van der Waals surface area contributed by atoms with Crippen LogP contribution in [0.5, 0.6) is 5.75 Å². The maximum absolute atomic E-state index is 12.6. The third-order valence-corrected chi connectivity index (χ3v) is 3.94. The predicted molar refractivity (Wildman–Crippen MR) is 107 cm³/mol. The zero-order chi connectivity index (χ0) is 20.7. The number of anilines is 1. The molecule has 28 heavy (non-hydrogen) atoms. The van der Waals surface area contributed by atoms with Gasteiger partial charge in [0.25, 0.3) is 11.8 Å². The van der Waals surface area contributed by atoms with E-state index in [9.17, 15) is 9.59 Å². The maximum Gasteiger partial charge on any atom is 0.261 e. The van der Waals surface area contributed by atoms with Crippen LogP contribution in [-0.4, -0.2) is 34.4 Å². The highest BCUT2D eigenvalue weighted by Crippen LogP contribution is 2.13. The zero-order valence-electron chi connectivity index (χ0n) is 16.9. The Bertz CT molecular complexity index is 801. The van der Waals surface area contributed by atoms with E-state index >= 15 is 0 Å². The van der Waals surface area contributed by atoms with Gasteiger partial charge in [0.05, 0.1) is 6.61 Å². The molecule has 1 heterocycles. The van der Waals surface area contributed by atoms with Gasteiger partial charge in [-0.05, 0) is 57.0 Å². The lowest BCUT2D eigenvalue weighted by Gasteiger charge is -2.22. The predicted octanol–water partition coefficient (Wildman–Crippen LogP) is 2.39. The summed E-state index contributed by atoms with van der Waals surface area (Å²) in [7, 11) is 0. The number of hydrazine groups is 1. The monoisotopic (exact) mass is 385 g/mol. The molecule has 0 saturated carbocycles. The van der Waals surface area contributed by atoms with Crippen molar-refractivity contribution < 1.29 is 14.3 Å². The van der Waals surface area contributed by atoms with Gasteiger partial charge in [-0.3, -0.25) is 20.4 Å². The third-order valence-electron chi connectivity index (χ3n) is 3.94. The first-order chi connectivity index (χ1) is 13.3. The molecular weight excluding hydrogens is 358 g/mol. The van der Waals surface area contributed by atoms with Crippen molar-refractivity contribution in [1.82, 2.24) is 20.7 Å². The summed E-state index contributed by atoms with van der Waals surface area (Å²) in [6.07, 6.45) is 0. The lowest BCUT2D eigenvalue weighted by Crippen LogP contribution is -2.51. The lowest BCUT2D eigenvalue weighted by molar-refractivity contribution is -0.123. The van der Waals surface area contributed by atoms with Crippen molar-refractivity contribution >= 4 is 17.8 Å². The topological polar surface area (TPSA) is 105 Å². The SMILES string of the molecule is CCOc1ccc(C(=O)NC(C(=O)NNc2nc(C)cc(C)n2)C(C)C)cc1. The van der Waals surface area contributed by atoms with Crippen molar-refractivity contribution in [2.75, 3.05) is 12.0 Å². The minimum Gasteiger partial charge on any atom is -0.494 e. The van der Waals surface area contributed by atoms with Crippen LogP contribution in [0, 0.1) is 19.8 Å². The third kappa shape index (κ3) is 5.94. The molecule has 0 radical (unpaired) electrons. The number of benzene rings is 1. The lowest BCUT2D eigenvalue weighted by atomic mass is 10.0. The molecule has 2 aromatic rings. The van der Waals surface area contributed by atoms with E-state index in [-0.39, 0.29) is 17.7 Å². The summed E-state index contributed by atoms with van der Waals surface area (Å²) in [6.45, 7) is 9.85. The fraction of sp³-hybridized carbons (Fsp3) is 0.400. The molecule has 0 bridgehead atoms. The van der Waals surface area contributed by atoms with Gasteiger partial charge in [-0.15, -0.1) is 0 Å². The Balaban J connectivity index is 2.01. The van der Waals surface area contributed by atoms with Gasteiger partial charge in [0.1, 0.15) is 11.8 Å². The number of ether oxygens (including phenoxy) is 1. The molecule has 1 unspecified atom stereocenters. The van der Waals surface area contributed by atoms with Gasteiger partial charge in [0.2, 0.25) is 5.95 Å². The fourth-order valence-electron chi connectivity index (χ4n) is 2.61. The molecule has 2 amide bonds. The molecule has 3 N–H and O–H groups in total. The second kappa shape index (κ2) is 9.68. The summed E-state index contributed by atoms with van der Waals surface area (Å²) in [4.78, 5) is 33.5. The summed E-state index contributed by atoms with van der Waals surface area (Å²) in [5, 5.41) is 2.77. The van der Waals surface area contributed by atoms with Crippen LogP contribution >= 0.6 is 0 Å². The Hall–Kier alpha value is -3.16. The number of nitrogens with zero attached hydrogens (tertiary/aromatic N) is 2. The highest BCUT2D eigenvalue weighted by molar-refractivity contribution is 5.97. The molecule has 0 spiro atoms. The van der Waals surface area contributed by atoms with Crippen molar-refractivity contribution in [1.29, 1.82) is 0 Å². The number of rotatable bonds is 8. The first-order valence-electron chi connectivity index (χ1n) is 9.22. The molecule has 0 aliphatic rings. The average Bonchev–Trinajstić information content (AvgIpc) is 2.64. The fourth-order valence-corrected chi connectivity index (χ4v) is 2.61. The van der Waals surface area contributed by atoms with Gasteiger partial charge in [-0.2, -0.15) is 0 Å². The minimum atomic E-state index is -0.725. The molecule has 0 saturated heterocycles. The van der Waals surface area contributed by atoms with Crippen LogP contribution in [0.2, 0.25) is 0 Å². The molecular formula is C20H27N5O3. The van der Waals surface area contributed by atoms with Crippen LogP contribution < -0.4 is 20.9 Å². The number of aromatic nitrogens is 2. The molecule has 1 aromatic heterocycles. The van der Waals surface area contributed by atoms with Gasteiger partial charge in [0, 0.05) is 17.0 Å². The molecule has 2 rings (SSSR count). The van der Waals surface area contributed by atoms with Crippen molar-refractivity contribution in [3.8, 4) is 5.75 Å². The Morgan fingerprint density at radius 3 is 2.21 bits per heavy atom. The molecule has 0 fully saturated rings. The number of aryl methyl sites for hydroxylation is 2. The highest BCUT2D eigenvalue weighted by Gasteiger charge is 2.25. The number of amides is 2. The van der Waals surface area contributed by atoms with Gasteiger partial charge >= 0.3 is 0 Å². The number of carbonyl (C=O) groups excluding carboxylic acids is 2. The number of hydrogen-bond acceptors (Lipinski definition) is 6. The molecule has 8 heteroatoms. The van der Waals surface area contributed by atoms with E-state index in [4.69, 9.17) is 4.74 Å². The van der Waals surface area contributed by atoms with E-state index < -0.39 is 6.04 Å². The zero-order valence-corrected chi connectivity index (χ0v) is 16.9. The second-order valence-corrected chi connectivity index (χ2v) is 6.74. The number of nitrogens with one attached hydrogen (secondary N) is 3. The summed E-state index contributed by atoms with van der Waals surface area (Å²) < 4.78 is 5.37. The second-order valence-electron chi connectivity index (χ2n) is 6.74. The maximum atomic E-state index is 12.6. The molecule has 8 nitrogen and oxygen atoms in total. The summed E-state index contributed by atoms with van der Waals surface area (Å²) in [6, 6.07) is 7.89. The molecule has 1 atom stereocenters. The average molecular weight is 385 g/mol. The van der Waals surface area contributed by atoms with Gasteiger partial charge < -0.3 is 10.1 Å². The first-order valence-corrected chi connectivity index (χ1v) is 9.22. The number of carbonyl (C=O) groups is 2. The van der Waals surface area contributed by atoms with Gasteiger partial charge in [-0.25, -0.2) is 9.97 Å². The smallest absolute Gasteiger partial charge is 0.261 e. The first kappa shape index (κ1) is 21.1. The van der Waals surface area contributed by atoms with E-state index in [1.807, 2.05) is 40.7 Å². The van der Waals surface area contributed by atoms with E-state index in [0.29, 0.717) is 23.9 Å². The van der Waals surface area contributed by atoms with E-state index in [2.05, 4.69) is 26.1 Å². The normalized spacial score (nSPS) is 11.6. The van der Waals surface area contributed by atoms with Crippen LogP contribution in [0.1, 0.15) is 42.5 Å². The van der Waals surface area contributed by atoms with E-state index in [1.54, 1.807) is 24.3 Å². The van der Waals surface area contributed by atoms with Crippen LogP contribution in [-0.2, 0) is 4.79 Å². The Morgan fingerprint density at radius 2 is 1.68 bits per heavy atom. The molecule has 0 aliphatic heterocycles. The Kier molecular flexibility index (Phi) is 7.31. The molecule has 1 aromatic carbocycles. The van der Waals surface area contributed by atoms with Crippen molar-refractivity contribution in [2.45, 2.75) is 40.7 Å². The van der Waals surface area contributed by atoms with Crippen LogP contribution in [0.3, 0.4) is 0 Å². The summed E-state index contributed by atoms with van der Waals surface area (Å²) >= 11 is 0. The van der Waals surface area contributed by atoms with Gasteiger partial charge in [-0.1, -0.05) is 13.8 Å². The summed E-state index contributed by atoms with van der Waals surface area (Å²) in [5.74, 6) is 0.159. The van der Waals surface area contributed by atoms with Crippen LogP contribution in [0.25, 0.3) is 0 Å². The Labute approximate surface area is 165 Å². The van der Waals surface area contributed by atoms with E-state index in [1.165, 1.54) is 0 Å². The van der Waals surface area contributed by atoms with Gasteiger partial charge in [0.15, 0.2) is 0 Å². The van der Waals surface area contributed by atoms with Crippen molar-refractivity contribution in [3.63, 3.8) is 0 Å². The Morgan fingerprint density at radius 1 is 1.07 bits per heavy atom. The highest BCUT2D eigenvalue weighted by atomic mass is 16.5. The van der Waals surface area contributed by atoms with E-state index in [0.717, 1.165) is 11.4 Å².